The highest BCUT2D eigenvalue weighted by atomic mass is 16.7. The second-order valence-electron chi connectivity index (χ2n) is 14.3. The van der Waals surface area contributed by atoms with E-state index in [1.54, 1.807) is 4.90 Å². The molecule has 45 heavy (non-hydrogen) atoms. The zero-order chi connectivity index (χ0) is 33.6. The monoisotopic (exact) mass is 635 g/mol. The van der Waals surface area contributed by atoms with Gasteiger partial charge in [-0.05, 0) is 72.1 Å². The fourth-order valence-electron chi connectivity index (χ4n) is 6.88. The molecule has 0 spiro atoms. The van der Waals surface area contributed by atoms with Gasteiger partial charge in [0.2, 0.25) is 17.9 Å². The first-order valence-electron chi connectivity index (χ1n) is 18.0. The van der Waals surface area contributed by atoms with Crippen molar-refractivity contribution in [3.05, 3.63) is 0 Å². The van der Waals surface area contributed by atoms with Gasteiger partial charge < -0.3 is 10.2 Å². The molecule has 1 fully saturated rings. The number of hydrogen-bond donors (Lipinski definition) is 1. The van der Waals surface area contributed by atoms with Gasteiger partial charge in [-0.25, -0.2) is 9.79 Å². The van der Waals surface area contributed by atoms with Crippen LogP contribution in [0.1, 0.15) is 157 Å². The van der Waals surface area contributed by atoms with Crippen LogP contribution in [0.4, 0.5) is 0 Å². The fourth-order valence-corrected chi connectivity index (χ4v) is 6.88. The largest absolute Gasteiger partial charge is 0.356 e. The number of unbranched alkanes of at least 4 members (excludes halogenated alkanes) is 11. The minimum atomic E-state index is -0.298. The van der Waals surface area contributed by atoms with Gasteiger partial charge in [0.25, 0.3) is 0 Å². The third-order valence-electron chi connectivity index (χ3n) is 8.81. The number of amides is 2. The molecule has 1 aliphatic rings. The van der Waals surface area contributed by atoms with Crippen LogP contribution < -0.4 is 5.32 Å². The topological polar surface area (TPSA) is 108 Å². The lowest BCUT2D eigenvalue weighted by molar-refractivity contribution is -0.288. The van der Waals surface area contributed by atoms with Crippen molar-refractivity contribution in [1.29, 1.82) is 0 Å². The van der Waals surface area contributed by atoms with Crippen molar-refractivity contribution in [2.75, 3.05) is 32.8 Å². The summed E-state index contributed by atoms with van der Waals surface area (Å²) in [5.74, 6) is -0.297. The van der Waals surface area contributed by atoms with E-state index in [1.807, 2.05) is 0 Å². The van der Waals surface area contributed by atoms with E-state index in [4.69, 9.17) is 4.84 Å². The lowest BCUT2D eigenvalue weighted by Gasteiger charge is -2.54. The van der Waals surface area contributed by atoms with Gasteiger partial charge in [0.15, 0.2) is 5.78 Å². The number of carbonyl (C=O) groups is 3. The minimum absolute atomic E-state index is 0.0659. The van der Waals surface area contributed by atoms with E-state index < -0.39 is 0 Å². The lowest BCUT2D eigenvalue weighted by Crippen LogP contribution is -2.60. The molecule has 0 aromatic carbocycles. The van der Waals surface area contributed by atoms with Crippen LogP contribution in [0.15, 0.2) is 4.99 Å². The predicted molar refractivity (Wildman–Crippen MR) is 181 cm³/mol. The molecule has 1 rings (SSSR count). The average Bonchev–Trinajstić information content (AvgIpc) is 2.96. The van der Waals surface area contributed by atoms with Crippen LogP contribution in [-0.4, -0.2) is 77.5 Å². The Morgan fingerprint density at radius 3 is 2.07 bits per heavy atom. The van der Waals surface area contributed by atoms with Gasteiger partial charge in [0, 0.05) is 30.6 Å². The SMILES string of the molecule is CCCCCCCCON1C(C)(C)CC(CC(=O)CN(CCCCCC)C(=O)CC(=O)NCCCCCCN=C=O)CC1(C)C. The van der Waals surface area contributed by atoms with E-state index >= 15 is 0 Å². The molecule has 0 atom stereocenters. The predicted octanol–water partition coefficient (Wildman–Crippen LogP) is 7.32. The zero-order valence-electron chi connectivity index (χ0n) is 29.7. The van der Waals surface area contributed by atoms with Crippen molar-refractivity contribution in [2.45, 2.75) is 168 Å². The normalized spacial score (nSPS) is 16.2. The molecule has 0 aromatic heterocycles. The first-order valence-corrected chi connectivity index (χ1v) is 18.0. The molecule has 1 saturated heterocycles. The van der Waals surface area contributed by atoms with Gasteiger partial charge in [0.1, 0.15) is 6.42 Å². The zero-order valence-corrected chi connectivity index (χ0v) is 29.7. The summed E-state index contributed by atoms with van der Waals surface area (Å²) in [6.07, 6.45) is 18.3. The Kier molecular flexibility index (Phi) is 21.2. The maximum absolute atomic E-state index is 13.4. The Balaban J connectivity index is 2.63. The number of isocyanates is 1. The summed E-state index contributed by atoms with van der Waals surface area (Å²) < 4.78 is 0. The van der Waals surface area contributed by atoms with Gasteiger partial charge >= 0.3 is 0 Å². The summed E-state index contributed by atoms with van der Waals surface area (Å²) in [6.45, 7) is 15.5. The molecular formula is C36H66N4O5. The number of hydroxylamine groups is 2. The molecule has 0 saturated carbocycles. The fraction of sp³-hybridized carbons (Fsp3) is 0.889. The van der Waals surface area contributed by atoms with Crippen LogP contribution in [0.3, 0.4) is 0 Å². The number of nitrogens with one attached hydrogen (secondary N) is 1. The van der Waals surface area contributed by atoms with E-state index in [0.717, 1.165) is 77.2 Å². The van der Waals surface area contributed by atoms with Crippen LogP contribution in [-0.2, 0) is 24.0 Å². The molecule has 260 valence electrons. The van der Waals surface area contributed by atoms with Crippen molar-refractivity contribution >= 4 is 23.7 Å². The second-order valence-corrected chi connectivity index (χ2v) is 14.3. The number of Topliss-reactive ketones (excluding diaryl/α,β-unsaturated/α-hetero) is 1. The summed E-state index contributed by atoms with van der Waals surface area (Å²) in [5, 5.41) is 5.02. The Labute approximate surface area is 274 Å². The number of nitrogens with zero attached hydrogens (tertiary/aromatic N) is 3. The molecular weight excluding hydrogens is 568 g/mol. The average molecular weight is 635 g/mol. The number of carbonyl (C=O) groups excluding carboxylic acids is 4. The van der Waals surface area contributed by atoms with Crippen LogP contribution in [0.2, 0.25) is 0 Å². The molecule has 2 amide bonds. The number of rotatable bonds is 26. The molecule has 1 N–H and O–H groups in total. The van der Waals surface area contributed by atoms with Crippen LogP contribution in [0, 0.1) is 5.92 Å². The maximum atomic E-state index is 13.4. The highest BCUT2D eigenvalue weighted by molar-refractivity contribution is 5.98. The Bertz CT molecular complexity index is 882. The van der Waals surface area contributed by atoms with Crippen molar-refractivity contribution < 1.29 is 24.0 Å². The molecule has 0 unspecified atom stereocenters. The van der Waals surface area contributed by atoms with Gasteiger partial charge in [0.05, 0.1) is 19.7 Å². The van der Waals surface area contributed by atoms with Crippen LogP contribution >= 0.6 is 0 Å². The molecule has 1 aliphatic heterocycles. The first kappa shape index (κ1) is 40.9. The van der Waals surface area contributed by atoms with Crippen molar-refractivity contribution in [2.24, 2.45) is 10.9 Å². The molecule has 0 bridgehead atoms. The van der Waals surface area contributed by atoms with Gasteiger partial charge in [-0.15, -0.1) is 0 Å². The molecule has 1 heterocycles. The summed E-state index contributed by atoms with van der Waals surface area (Å²) >= 11 is 0. The van der Waals surface area contributed by atoms with Crippen LogP contribution in [0.25, 0.3) is 0 Å². The van der Waals surface area contributed by atoms with Gasteiger partial charge in [-0.1, -0.05) is 78.1 Å². The summed E-state index contributed by atoms with van der Waals surface area (Å²) in [4.78, 5) is 60.7. The second kappa shape index (κ2) is 23.3. The van der Waals surface area contributed by atoms with E-state index in [2.05, 4.69) is 56.9 Å². The number of aliphatic imine (C=N–C) groups is 1. The molecule has 0 radical (unpaired) electrons. The first-order chi connectivity index (χ1) is 21.5. The van der Waals surface area contributed by atoms with E-state index in [0.29, 0.717) is 26.1 Å². The van der Waals surface area contributed by atoms with E-state index in [-0.39, 0.29) is 47.6 Å². The van der Waals surface area contributed by atoms with Crippen molar-refractivity contribution in [3.63, 3.8) is 0 Å². The molecule has 9 nitrogen and oxygen atoms in total. The number of piperidine rings is 1. The third kappa shape index (κ3) is 18.0. The Morgan fingerprint density at radius 2 is 1.42 bits per heavy atom. The summed E-state index contributed by atoms with van der Waals surface area (Å²) in [7, 11) is 0. The number of hydrogen-bond acceptors (Lipinski definition) is 7. The van der Waals surface area contributed by atoms with E-state index in [9.17, 15) is 19.2 Å². The van der Waals surface area contributed by atoms with Gasteiger partial charge in [-0.2, -0.15) is 5.06 Å². The molecule has 9 heteroatoms. The lowest BCUT2D eigenvalue weighted by atomic mass is 9.73. The summed E-state index contributed by atoms with van der Waals surface area (Å²) in [5.41, 5.74) is -0.405. The van der Waals surface area contributed by atoms with Gasteiger partial charge in [-0.3, -0.25) is 19.2 Å². The number of ketones is 1. The maximum Gasteiger partial charge on any atom is 0.234 e. The smallest absolute Gasteiger partial charge is 0.234 e. The molecule has 0 aliphatic carbocycles. The third-order valence-corrected chi connectivity index (χ3v) is 8.81. The summed E-state index contributed by atoms with van der Waals surface area (Å²) in [6, 6.07) is 0. The highest BCUT2D eigenvalue weighted by Crippen LogP contribution is 2.43. The van der Waals surface area contributed by atoms with Crippen molar-refractivity contribution in [1.82, 2.24) is 15.3 Å². The standard InChI is InChI=1S/C36H66N4O5/c1-7-9-11-13-16-20-24-45-40-35(3,4)27-31(28-36(40,5)6)25-32(42)29-39(23-19-12-10-8-2)34(44)26-33(43)38-22-18-15-14-17-21-37-30-41/h31H,7-29H2,1-6H3,(H,38,43). The molecule has 0 aromatic rings. The van der Waals surface area contributed by atoms with Crippen LogP contribution in [0.5, 0.6) is 0 Å². The van der Waals surface area contributed by atoms with E-state index in [1.165, 1.54) is 38.2 Å². The Hall–Kier alpha value is -2.09. The highest BCUT2D eigenvalue weighted by Gasteiger charge is 2.46. The Morgan fingerprint density at radius 1 is 0.844 bits per heavy atom. The quantitative estimate of drug-likeness (QED) is 0.0462. The van der Waals surface area contributed by atoms with Crippen molar-refractivity contribution in [3.8, 4) is 0 Å². The minimum Gasteiger partial charge on any atom is -0.356 e.